The van der Waals surface area contributed by atoms with Crippen molar-refractivity contribution in [2.24, 2.45) is 0 Å². The molecule has 0 N–H and O–H groups in total. The van der Waals surface area contributed by atoms with E-state index in [1.165, 1.54) is 19.3 Å². The lowest BCUT2D eigenvalue weighted by Gasteiger charge is -2.38. The Balaban J connectivity index is 2.41. The van der Waals surface area contributed by atoms with Gasteiger partial charge in [-0.15, -0.1) is 0 Å². The van der Waals surface area contributed by atoms with E-state index in [2.05, 4.69) is 24.8 Å². The Kier molecular flexibility index (Phi) is 3.55. The maximum Gasteiger partial charge on any atom is 0.0635 e. The summed E-state index contributed by atoms with van der Waals surface area (Å²) in [4.78, 5) is 2.46. The van der Waals surface area contributed by atoms with Crippen LogP contribution in [0.5, 0.6) is 0 Å². The monoisotopic (exact) mass is 166 g/mol. The highest BCUT2D eigenvalue weighted by Crippen LogP contribution is 2.22. The highest BCUT2D eigenvalue weighted by atomic mass is 15.2. The molecular formula is C10H18N2. The second kappa shape index (κ2) is 4.47. The molecule has 2 unspecified atom stereocenters. The first-order valence-corrected chi connectivity index (χ1v) is 4.88. The van der Waals surface area contributed by atoms with Gasteiger partial charge in [0, 0.05) is 25.0 Å². The van der Waals surface area contributed by atoms with Crippen molar-refractivity contribution in [3.63, 3.8) is 0 Å². The fourth-order valence-electron chi connectivity index (χ4n) is 2.09. The van der Waals surface area contributed by atoms with E-state index in [-0.39, 0.29) is 0 Å². The van der Waals surface area contributed by atoms with E-state index in [4.69, 9.17) is 5.26 Å². The molecular weight excluding hydrogens is 148 g/mol. The topological polar surface area (TPSA) is 27.0 Å². The number of rotatable bonds is 2. The van der Waals surface area contributed by atoms with Gasteiger partial charge in [0.25, 0.3) is 0 Å². The number of hydrogen-bond donors (Lipinski definition) is 0. The highest BCUT2D eigenvalue weighted by Gasteiger charge is 2.23. The van der Waals surface area contributed by atoms with Gasteiger partial charge in [0.2, 0.25) is 0 Å². The summed E-state index contributed by atoms with van der Waals surface area (Å²) in [5, 5.41) is 8.49. The van der Waals surface area contributed by atoms with Gasteiger partial charge in [0.1, 0.15) is 0 Å². The van der Waals surface area contributed by atoms with Crippen molar-refractivity contribution in [3.8, 4) is 6.07 Å². The summed E-state index contributed by atoms with van der Waals surface area (Å²) in [6.07, 6.45) is 4.63. The van der Waals surface area contributed by atoms with Crippen molar-refractivity contribution in [1.29, 1.82) is 5.26 Å². The van der Waals surface area contributed by atoms with Gasteiger partial charge in [-0.25, -0.2) is 0 Å². The van der Waals surface area contributed by atoms with Gasteiger partial charge < -0.3 is 0 Å². The van der Waals surface area contributed by atoms with E-state index < -0.39 is 0 Å². The average Bonchev–Trinajstić information content (AvgIpc) is 2.04. The van der Waals surface area contributed by atoms with Crippen LogP contribution in [0, 0.1) is 11.3 Å². The molecule has 0 spiro atoms. The first kappa shape index (κ1) is 9.54. The third-order valence-corrected chi connectivity index (χ3v) is 2.86. The fourth-order valence-corrected chi connectivity index (χ4v) is 2.09. The Morgan fingerprint density at radius 1 is 1.33 bits per heavy atom. The molecule has 2 atom stereocenters. The van der Waals surface area contributed by atoms with Crippen molar-refractivity contribution in [2.45, 2.75) is 51.6 Å². The van der Waals surface area contributed by atoms with E-state index in [1.54, 1.807) is 0 Å². The molecule has 1 fully saturated rings. The molecule has 12 heavy (non-hydrogen) atoms. The van der Waals surface area contributed by atoms with Gasteiger partial charge in [0.15, 0.2) is 0 Å². The summed E-state index contributed by atoms with van der Waals surface area (Å²) in [6, 6.07) is 3.58. The van der Waals surface area contributed by atoms with Crippen molar-refractivity contribution in [2.75, 3.05) is 6.54 Å². The number of nitrogens with zero attached hydrogens (tertiary/aromatic N) is 2. The molecule has 0 aromatic heterocycles. The number of likely N-dealkylation sites (tertiary alicyclic amines) is 1. The Morgan fingerprint density at radius 3 is 2.42 bits per heavy atom. The molecule has 1 rings (SSSR count). The molecule has 0 amide bonds. The Bertz CT molecular complexity index is 161. The molecule has 0 aromatic carbocycles. The third-order valence-electron chi connectivity index (χ3n) is 2.86. The van der Waals surface area contributed by atoms with E-state index in [0.717, 1.165) is 6.54 Å². The molecule has 68 valence electrons. The first-order valence-electron chi connectivity index (χ1n) is 4.88. The lowest BCUT2D eigenvalue weighted by Crippen LogP contribution is -2.43. The van der Waals surface area contributed by atoms with E-state index in [0.29, 0.717) is 18.5 Å². The van der Waals surface area contributed by atoms with Gasteiger partial charge in [-0.2, -0.15) is 5.26 Å². The van der Waals surface area contributed by atoms with Gasteiger partial charge in [-0.05, 0) is 26.7 Å². The minimum absolute atomic E-state index is 0.675. The molecule has 0 aliphatic carbocycles. The minimum Gasteiger partial charge on any atom is -0.297 e. The quantitative estimate of drug-likeness (QED) is 0.628. The molecule has 1 aliphatic rings. The molecule has 1 saturated heterocycles. The zero-order chi connectivity index (χ0) is 8.97. The predicted octanol–water partition coefficient (Wildman–Crippen LogP) is 2.16. The molecule has 1 heterocycles. The molecule has 0 bridgehead atoms. The van der Waals surface area contributed by atoms with Crippen LogP contribution in [0.15, 0.2) is 0 Å². The Morgan fingerprint density at radius 2 is 1.92 bits per heavy atom. The van der Waals surface area contributed by atoms with Crippen molar-refractivity contribution in [1.82, 2.24) is 4.90 Å². The summed E-state index contributed by atoms with van der Waals surface area (Å²) in [5.41, 5.74) is 0. The predicted molar refractivity (Wildman–Crippen MR) is 49.7 cm³/mol. The number of piperidine rings is 1. The fraction of sp³-hybridized carbons (Fsp3) is 0.900. The SMILES string of the molecule is CC1CCCC(C)N1CCC#N. The highest BCUT2D eigenvalue weighted by molar-refractivity contribution is 4.82. The Hall–Kier alpha value is -0.550. The molecule has 0 aromatic rings. The maximum atomic E-state index is 8.49. The van der Waals surface area contributed by atoms with E-state index >= 15 is 0 Å². The zero-order valence-electron chi connectivity index (χ0n) is 8.08. The van der Waals surface area contributed by atoms with Crippen LogP contribution in [0.4, 0.5) is 0 Å². The summed E-state index contributed by atoms with van der Waals surface area (Å²) in [7, 11) is 0. The standard InChI is InChI=1S/C10H18N2/c1-9-5-3-6-10(2)12(9)8-4-7-11/h9-10H,3-6,8H2,1-2H3. The summed E-state index contributed by atoms with van der Waals surface area (Å²) in [5.74, 6) is 0. The Labute approximate surface area is 75.2 Å². The molecule has 2 heteroatoms. The van der Waals surface area contributed by atoms with Gasteiger partial charge in [-0.3, -0.25) is 4.90 Å². The van der Waals surface area contributed by atoms with Gasteiger partial charge >= 0.3 is 0 Å². The first-order chi connectivity index (χ1) is 5.75. The van der Waals surface area contributed by atoms with E-state index in [9.17, 15) is 0 Å². The average molecular weight is 166 g/mol. The van der Waals surface area contributed by atoms with Crippen LogP contribution in [-0.4, -0.2) is 23.5 Å². The molecule has 1 aliphatic heterocycles. The second-order valence-corrected chi connectivity index (χ2v) is 3.77. The third kappa shape index (κ3) is 2.22. The minimum atomic E-state index is 0.675. The second-order valence-electron chi connectivity index (χ2n) is 3.77. The number of nitriles is 1. The van der Waals surface area contributed by atoms with Gasteiger partial charge in [0.05, 0.1) is 6.07 Å². The van der Waals surface area contributed by atoms with Crippen LogP contribution in [0.3, 0.4) is 0 Å². The van der Waals surface area contributed by atoms with Crippen molar-refractivity contribution < 1.29 is 0 Å². The zero-order valence-corrected chi connectivity index (χ0v) is 8.08. The van der Waals surface area contributed by atoms with Crippen LogP contribution < -0.4 is 0 Å². The largest absolute Gasteiger partial charge is 0.297 e. The molecule has 0 radical (unpaired) electrons. The van der Waals surface area contributed by atoms with Crippen LogP contribution in [0.2, 0.25) is 0 Å². The van der Waals surface area contributed by atoms with Crippen LogP contribution in [0.25, 0.3) is 0 Å². The smallest absolute Gasteiger partial charge is 0.0635 e. The van der Waals surface area contributed by atoms with Crippen molar-refractivity contribution in [3.05, 3.63) is 0 Å². The molecule has 0 saturated carbocycles. The van der Waals surface area contributed by atoms with Crippen LogP contribution in [0.1, 0.15) is 39.5 Å². The van der Waals surface area contributed by atoms with E-state index in [1.807, 2.05) is 0 Å². The van der Waals surface area contributed by atoms with Crippen molar-refractivity contribution >= 4 is 0 Å². The molecule has 2 nitrogen and oxygen atoms in total. The number of hydrogen-bond acceptors (Lipinski definition) is 2. The van der Waals surface area contributed by atoms with Crippen LogP contribution >= 0.6 is 0 Å². The maximum absolute atomic E-state index is 8.49. The van der Waals surface area contributed by atoms with Crippen LogP contribution in [-0.2, 0) is 0 Å². The normalized spacial score (nSPS) is 31.4. The summed E-state index contributed by atoms with van der Waals surface area (Å²) in [6.45, 7) is 5.50. The lowest BCUT2D eigenvalue weighted by atomic mass is 9.97. The summed E-state index contributed by atoms with van der Waals surface area (Å²) >= 11 is 0. The summed E-state index contributed by atoms with van der Waals surface area (Å²) < 4.78 is 0. The lowest BCUT2D eigenvalue weighted by molar-refractivity contribution is 0.106. The van der Waals surface area contributed by atoms with Gasteiger partial charge in [-0.1, -0.05) is 6.42 Å².